The van der Waals surface area contributed by atoms with E-state index < -0.39 is 6.10 Å². The molecule has 1 aromatic heterocycles. The van der Waals surface area contributed by atoms with Gasteiger partial charge in [0.1, 0.15) is 5.82 Å². The summed E-state index contributed by atoms with van der Waals surface area (Å²) < 4.78 is 0. The van der Waals surface area contributed by atoms with E-state index in [2.05, 4.69) is 15.2 Å². The van der Waals surface area contributed by atoms with Crippen molar-refractivity contribution in [3.63, 3.8) is 0 Å². The maximum absolute atomic E-state index is 11.8. The average molecular weight is 277 g/mol. The molecule has 0 aliphatic carbocycles. The van der Waals surface area contributed by atoms with E-state index in [1.54, 1.807) is 6.20 Å². The molecule has 0 saturated carbocycles. The Kier molecular flexibility index (Phi) is 4.95. The molecule has 2 heterocycles. The average Bonchev–Trinajstić information content (AvgIpc) is 2.93. The highest BCUT2D eigenvalue weighted by Crippen LogP contribution is 2.19. The Balaban J connectivity index is 1.88. The minimum atomic E-state index is -0.605. The van der Waals surface area contributed by atoms with Gasteiger partial charge in [-0.15, -0.1) is 0 Å². The molecule has 2 N–H and O–H groups in total. The summed E-state index contributed by atoms with van der Waals surface area (Å²) in [5.74, 6) is 0.862. The lowest BCUT2D eigenvalue weighted by atomic mass is 10.0. The summed E-state index contributed by atoms with van der Waals surface area (Å²) in [6.07, 6.45) is 3.62. The summed E-state index contributed by atoms with van der Waals surface area (Å²) in [6.45, 7) is 5.90. The molecule has 1 aliphatic rings. The van der Waals surface area contributed by atoms with Gasteiger partial charge in [-0.3, -0.25) is 4.79 Å². The van der Waals surface area contributed by atoms with Crippen LogP contribution < -0.4 is 10.2 Å². The zero-order chi connectivity index (χ0) is 14.5. The van der Waals surface area contributed by atoms with Crippen molar-refractivity contribution in [2.75, 3.05) is 23.3 Å². The van der Waals surface area contributed by atoms with Crippen LogP contribution in [0, 0.1) is 5.92 Å². The molecule has 0 bridgehead atoms. The van der Waals surface area contributed by atoms with Crippen molar-refractivity contribution >= 4 is 17.4 Å². The van der Waals surface area contributed by atoms with Gasteiger partial charge in [-0.2, -0.15) is 0 Å². The Bertz CT molecular complexity index is 439. The minimum absolute atomic E-state index is 0.0800. The Hall–Kier alpha value is -1.62. The number of amides is 1. The van der Waals surface area contributed by atoms with Gasteiger partial charge < -0.3 is 15.3 Å². The number of carbonyl (C=O) groups is 1. The normalized spacial score (nSPS) is 16.5. The number of aliphatic hydroxyl groups is 1. The summed E-state index contributed by atoms with van der Waals surface area (Å²) in [5.41, 5.74) is 0.675. The standard InChI is InChI=1S/C15H23N3O2/c1-11(2)13(19)9-15(20)17-12-5-6-14(16-10-12)18-7-3-4-8-18/h5-6,10-11,13,19H,3-4,7-9H2,1-2H3,(H,17,20). The molecule has 1 unspecified atom stereocenters. The van der Waals surface area contributed by atoms with Crippen molar-refractivity contribution in [3.05, 3.63) is 18.3 Å². The number of carbonyl (C=O) groups excluding carboxylic acids is 1. The number of aliphatic hydroxyl groups excluding tert-OH is 1. The highest BCUT2D eigenvalue weighted by Gasteiger charge is 2.15. The molecule has 1 aliphatic heterocycles. The van der Waals surface area contributed by atoms with Crippen LogP contribution in [-0.4, -0.2) is 35.2 Å². The molecule has 2 rings (SSSR count). The van der Waals surface area contributed by atoms with Gasteiger partial charge >= 0.3 is 0 Å². The fourth-order valence-electron chi connectivity index (χ4n) is 2.23. The molecule has 0 radical (unpaired) electrons. The van der Waals surface area contributed by atoms with E-state index in [1.165, 1.54) is 12.8 Å². The van der Waals surface area contributed by atoms with Gasteiger partial charge in [-0.25, -0.2) is 4.98 Å². The molecule has 1 saturated heterocycles. The second-order valence-corrected chi connectivity index (χ2v) is 5.66. The SMILES string of the molecule is CC(C)C(O)CC(=O)Nc1ccc(N2CCCC2)nc1. The van der Waals surface area contributed by atoms with Crippen LogP contribution in [0.15, 0.2) is 18.3 Å². The van der Waals surface area contributed by atoms with Gasteiger partial charge in [-0.05, 0) is 30.9 Å². The monoisotopic (exact) mass is 277 g/mol. The molecule has 1 aromatic rings. The lowest BCUT2D eigenvalue weighted by molar-refractivity contribution is -0.118. The van der Waals surface area contributed by atoms with Crippen LogP contribution in [0.4, 0.5) is 11.5 Å². The summed E-state index contributed by atoms with van der Waals surface area (Å²) in [4.78, 5) is 18.4. The molecule has 5 heteroatoms. The first kappa shape index (κ1) is 14.8. The molecule has 0 spiro atoms. The summed E-state index contributed by atoms with van der Waals surface area (Å²) in [6, 6.07) is 3.79. The smallest absolute Gasteiger partial charge is 0.227 e. The fraction of sp³-hybridized carbons (Fsp3) is 0.600. The van der Waals surface area contributed by atoms with Crippen molar-refractivity contribution in [2.45, 2.75) is 39.2 Å². The Morgan fingerprint density at radius 2 is 2.10 bits per heavy atom. The third-order valence-corrected chi connectivity index (χ3v) is 3.63. The van der Waals surface area contributed by atoms with Gasteiger partial charge in [-0.1, -0.05) is 13.8 Å². The van der Waals surface area contributed by atoms with E-state index in [0.717, 1.165) is 18.9 Å². The number of anilines is 2. The highest BCUT2D eigenvalue weighted by molar-refractivity contribution is 5.90. The van der Waals surface area contributed by atoms with Crippen LogP contribution in [0.5, 0.6) is 0 Å². The fourth-order valence-corrected chi connectivity index (χ4v) is 2.23. The first-order valence-electron chi connectivity index (χ1n) is 7.25. The lowest BCUT2D eigenvalue weighted by Crippen LogP contribution is -2.24. The van der Waals surface area contributed by atoms with E-state index >= 15 is 0 Å². The van der Waals surface area contributed by atoms with E-state index in [0.29, 0.717) is 5.69 Å². The second-order valence-electron chi connectivity index (χ2n) is 5.66. The second kappa shape index (κ2) is 6.70. The van der Waals surface area contributed by atoms with Crippen LogP contribution in [0.25, 0.3) is 0 Å². The van der Waals surface area contributed by atoms with Crippen LogP contribution in [0.3, 0.4) is 0 Å². The molecule has 1 atom stereocenters. The first-order valence-corrected chi connectivity index (χ1v) is 7.25. The van der Waals surface area contributed by atoms with Crippen LogP contribution in [0.2, 0.25) is 0 Å². The number of hydrogen-bond acceptors (Lipinski definition) is 4. The lowest BCUT2D eigenvalue weighted by Gasteiger charge is -2.17. The van der Waals surface area contributed by atoms with E-state index in [9.17, 15) is 9.90 Å². The number of nitrogens with zero attached hydrogens (tertiary/aromatic N) is 2. The largest absolute Gasteiger partial charge is 0.392 e. The molecular weight excluding hydrogens is 254 g/mol. The summed E-state index contributed by atoms with van der Waals surface area (Å²) in [5, 5.41) is 12.4. The van der Waals surface area contributed by atoms with Gasteiger partial charge in [0.2, 0.25) is 5.91 Å². The zero-order valence-corrected chi connectivity index (χ0v) is 12.2. The van der Waals surface area contributed by atoms with Crippen molar-refractivity contribution < 1.29 is 9.90 Å². The predicted octanol–water partition coefficient (Wildman–Crippen LogP) is 2.03. The third kappa shape index (κ3) is 3.93. The molecule has 0 aromatic carbocycles. The zero-order valence-electron chi connectivity index (χ0n) is 12.2. The molecular formula is C15H23N3O2. The number of rotatable bonds is 5. The van der Waals surface area contributed by atoms with Crippen molar-refractivity contribution in [1.29, 1.82) is 0 Å². The van der Waals surface area contributed by atoms with Gasteiger partial charge in [0.15, 0.2) is 0 Å². The quantitative estimate of drug-likeness (QED) is 0.864. The van der Waals surface area contributed by atoms with E-state index in [1.807, 2.05) is 26.0 Å². The van der Waals surface area contributed by atoms with Crippen molar-refractivity contribution in [1.82, 2.24) is 4.98 Å². The molecule has 110 valence electrons. The van der Waals surface area contributed by atoms with Crippen LogP contribution in [-0.2, 0) is 4.79 Å². The number of hydrogen-bond donors (Lipinski definition) is 2. The molecule has 5 nitrogen and oxygen atoms in total. The van der Waals surface area contributed by atoms with Crippen molar-refractivity contribution in [2.24, 2.45) is 5.92 Å². The third-order valence-electron chi connectivity index (χ3n) is 3.63. The first-order chi connectivity index (χ1) is 9.56. The minimum Gasteiger partial charge on any atom is -0.392 e. The molecule has 20 heavy (non-hydrogen) atoms. The number of nitrogens with one attached hydrogen (secondary N) is 1. The number of aromatic nitrogens is 1. The summed E-state index contributed by atoms with van der Waals surface area (Å²) >= 11 is 0. The van der Waals surface area contributed by atoms with Crippen molar-refractivity contribution in [3.8, 4) is 0 Å². The maximum Gasteiger partial charge on any atom is 0.227 e. The highest BCUT2D eigenvalue weighted by atomic mass is 16.3. The predicted molar refractivity (Wildman–Crippen MR) is 79.8 cm³/mol. The Morgan fingerprint density at radius 1 is 1.40 bits per heavy atom. The van der Waals surface area contributed by atoms with E-state index in [4.69, 9.17) is 0 Å². The molecule has 1 amide bonds. The van der Waals surface area contributed by atoms with Crippen LogP contribution >= 0.6 is 0 Å². The number of pyridine rings is 1. The Morgan fingerprint density at radius 3 is 2.65 bits per heavy atom. The Labute approximate surface area is 120 Å². The maximum atomic E-state index is 11.8. The van der Waals surface area contributed by atoms with Gasteiger partial charge in [0.05, 0.1) is 24.4 Å². The topological polar surface area (TPSA) is 65.5 Å². The summed E-state index contributed by atoms with van der Waals surface area (Å²) in [7, 11) is 0. The van der Waals surface area contributed by atoms with E-state index in [-0.39, 0.29) is 18.2 Å². The van der Waals surface area contributed by atoms with Gasteiger partial charge in [0, 0.05) is 13.1 Å². The van der Waals surface area contributed by atoms with Crippen LogP contribution in [0.1, 0.15) is 33.1 Å². The molecule has 1 fully saturated rings. The van der Waals surface area contributed by atoms with Gasteiger partial charge in [0.25, 0.3) is 0 Å².